The minimum Gasteiger partial charge on any atom is -0.481 e. The molecule has 122 valence electrons. The number of rotatable bonds is 9. The van der Waals surface area contributed by atoms with Gasteiger partial charge in [-0.25, -0.2) is 0 Å². The lowest BCUT2D eigenvalue weighted by Crippen LogP contribution is -2.50. The van der Waals surface area contributed by atoms with Crippen LogP contribution in [0.15, 0.2) is 0 Å². The second kappa shape index (κ2) is 7.02. The van der Waals surface area contributed by atoms with Crippen LogP contribution in [-0.2, 0) is 18.9 Å². The van der Waals surface area contributed by atoms with Crippen molar-refractivity contribution in [2.24, 2.45) is 11.8 Å². The molecule has 3 atom stereocenters. The monoisotopic (exact) mass is 326 g/mol. The Hall–Kier alpha value is -1.44. The summed E-state index contributed by atoms with van der Waals surface area (Å²) in [5, 5.41) is 24.4. The van der Waals surface area contributed by atoms with Crippen molar-refractivity contribution < 1.29 is 44.1 Å². The van der Waals surface area contributed by atoms with Gasteiger partial charge in [0.25, 0.3) is 0 Å². The van der Waals surface area contributed by atoms with E-state index >= 15 is 0 Å². The molecule has 0 aromatic carbocycles. The van der Waals surface area contributed by atoms with Crippen LogP contribution in [-0.4, -0.2) is 48.2 Å². The average molecular weight is 326 g/mol. The Labute approximate surface area is 120 Å². The summed E-state index contributed by atoms with van der Waals surface area (Å²) in [5.41, 5.74) is 0. The molecular formula is C11H19O9P. The molecule has 0 aromatic rings. The van der Waals surface area contributed by atoms with Gasteiger partial charge in [0.1, 0.15) is 0 Å². The largest absolute Gasteiger partial charge is 0.481 e. The molecule has 5 N–H and O–H groups in total. The van der Waals surface area contributed by atoms with E-state index in [1.807, 2.05) is 0 Å². The van der Waals surface area contributed by atoms with E-state index in [-0.39, 0.29) is 12.8 Å². The van der Waals surface area contributed by atoms with E-state index in [1.54, 1.807) is 0 Å². The van der Waals surface area contributed by atoms with E-state index in [9.17, 15) is 33.8 Å². The summed E-state index contributed by atoms with van der Waals surface area (Å²) < 4.78 is 11.7. The fraction of sp³-hybridized carbons (Fsp3) is 0.727. The minimum absolute atomic E-state index is 0.0829. The van der Waals surface area contributed by atoms with Crippen molar-refractivity contribution in [2.45, 2.75) is 38.3 Å². The van der Waals surface area contributed by atoms with Gasteiger partial charge in [0.2, 0.25) is 0 Å². The zero-order valence-electron chi connectivity index (χ0n) is 11.6. The highest BCUT2D eigenvalue weighted by Gasteiger charge is 2.62. The maximum Gasteiger partial charge on any atom is 0.343 e. The Bertz CT molecular complexity index is 468. The van der Waals surface area contributed by atoms with Crippen molar-refractivity contribution in [1.82, 2.24) is 0 Å². The number of carbonyl (C=O) groups is 3. The van der Waals surface area contributed by atoms with E-state index in [0.29, 0.717) is 0 Å². The smallest absolute Gasteiger partial charge is 0.343 e. The lowest BCUT2D eigenvalue weighted by molar-refractivity contribution is -0.155. The molecule has 0 spiro atoms. The Balaban J connectivity index is 6.20. The summed E-state index contributed by atoms with van der Waals surface area (Å²) >= 11 is 0. The molecule has 0 aliphatic heterocycles. The standard InChI is InChI=1S/C11H19O9P/c1-3-6(8(12)13)5-11(10(16)17,21(18,19)20)7(4-2)9(14)15/h6-7H,3-5H2,1-2H3,(H,12,13)(H,14,15)(H,16,17)(H2,18,19,20). The second-order valence-corrected chi connectivity index (χ2v) is 6.61. The quantitative estimate of drug-likeness (QED) is 0.381. The third-order valence-corrected chi connectivity index (χ3v) is 5.30. The number of carboxylic acid groups (broad SMARTS) is 3. The first-order chi connectivity index (χ1) is 9.45. The van der Waals surface area contributed by atoms with Gasteiger partial charge >= 0.3 is 25.5 Å². The van der Waals surface area contributed by atoms with Gasteiger partial charge in [-0.1, -0.05) is 13.8 Å². The molecule has 0 aliphatic rings. The molecule has 0 aromatic heterocycles. The maximum absolute atomic E-state index is 11.7. The third kappa shape index (κ3) is 3.81. The Morgan fingerprint density at radius 2 is 1.48 bits per heavy atom. The molecule has 0 bridgehead atoms. The van der Waals surface area contributed by atoms with Crippen molar-refractivity contribution in [2.75, 3.05) is 0 Å². The van der Waals surface area contributed by atoms with E-state index < -0.39 is 48.9 Å². The minimum atomic E-state index is -5.44. The van der Waals surface area contributed by atoms with Gasteiger partial charge in [0.15, 0.2) is 5.16 Å². The normalized spacial score (nSPS) is 17.5. The molecule has 0 aliphatic carbocycles. The summed E-state index contributed by atoms with van der Waals surface area (Å²) in [6, 6.07) is 0. The maximum atomic E-state index is 11.7. The van der Waals surface area contributed by atoms with Gasteiger partial charge < -0.3 is 25.1 Å². The van der Waals surface area contributed by atoms with Crippen LogP contribution >= 0.6 is 7.60 Å². The molecule has 0 heterocycles. The molecule has 0 fully saturated rings. The molecular weight excluding hydrogens is 307 g/mol. The summed E-state index contributed by atoms with van der Waals surface area (Å²) in [4.78, 5) is 52.7. The van der Waals surface area contributed by atoms with Crippen LogP contribution in [0.1, 0.15) is 33.1 Å². The fourth-order valence-electron chi connectivity index (χ4n) is 2.32. The van der Waals surface area contributed by atoms with Crippen molar-refractivity contribution in [3.8, 4) is 0 Å². The predicted molar refractivity (Wildman–Crippen MR) is 69.9 cm³/mol. The van der Waals surface area contributed by atoms with E-state index in [0.717, 1.165) is 0 Å². The van der Waals surface area contributed by atoms with Crippen molar-refractivity contribution >= 4 is 25.5 Å². The van der Waals surface area contributed by atoms with Crippen LogP contribution < -0.4 is 0 Å². The summed E-state index contributed by atoms with van der Waals surface area (Å²) in [6.45, 7) is 2.68. The zero-order valence-corrected chi connectivity index (χ0v) is 12.5. The molecule has 0 rings (SSSR count). The SMILES string of the molecule is CCC(CC(C(=O)O)(C(CC)C(=O)O)P(=O)(O)O)C(=O)O. The Kier molecular flexibility index (Phi) is 6.54. The Morgan fingerprint density at radius 1 is 1.00 bits per heavy atom. The van der Waals surface area contributed by atoms with Gasteiger partial charge in [-0.15, -0.1) is 0 Å². The highest BCUT2D eigenvalue weighted by atomic mass is 31.2. The topological polar surface area (TPSA) is 169 Å². The molecule has 3 unspecified atom stereocenters. The predicted octanol–water partition coefficient (Wildman–Crippen LogP) is 0.599. The number of hydrogen-bond donors (Lipinski definition) is 5. The van der Waals surface area contributed by atoms with E-state index in [1.165, 1.54) is 13.8 Å². The van der Waals surface area contributed by atoms with Crippen LogP contribution in [0.5, 0.6) is 0 Å². The number of carboxylic acids is 3. The van der Waals surface area contributed by atoms with Crippen LogP contribution in [0.2, 0.25) is 0 Å². The first kappa shape index (κ1) is 19.6. The fourth-order valence-corrected chi connectivity index (χ4v) is 3.73. The molecule has 21 heavy (non-hydrogen) atoms. The third-order valence-electron chi connectivity index (χ3n) is 3.57. The van der Waals surface area contributed by atoms with Crippen LogP contribution in [0.25, 0.3) is 0 Å². The van der Waals surface area contributed by atoms with Crippen molar-refractivity contribution in [3.05, 3.63) is 0 Å². The molecule has 0 saturated carbocycles. The van der Waals surface area contributed by atoms with Gasteiger partial charge in [-0.3, -0.25) is 18.9 Å². The lowest BCUT2D eigenvalue weighted by atomic mass is 9.81. The zero-order chi connectivity index (χ0) is 17.0. The highest BCUT2D eigenvalue weighted by molar-refractivity contribution is 7.54. The second-order valence-electron chi connectivity index (χ2n) is 4.72. The first-order valence-electron chi connectivity index (χ1n) is 6.20. The van der Waals surface area contributed by atoms with Crippen molar-refractivity contribution in [3.63, 3.8) is 0 Å². The van der Waals surface area contributed by atoms with Gasteiger partial charge in [0.05, 0.1) is 11.8 Å². The average Bonchev–Trinajstić information content (AvgIpc) is 2.31. The summed E-state index contributed by atoms with van der Waals surface area (Å²) in [7, 11) is -5.44. The lowest BCUT2D eigenvalue weighted by Gasteiger charge is -2.36. The van der Waals surface area contributed by atoms with Crippen molar-refractivity contribution in [1.29, 1.82) is 0 Å². The Morgan fingerprint density at radius 3 is 1.67 bits per heavy atom. The van der Waals surface area contributed by atoms with Crippen LogP contribution in [0, 0.1) is 11.8 Å². The van der Waals surface area contributed by atoms with Gasteiger partial charge in [-0.2, -0.15) is 0 Å². The van der Waals surface area contributed by atoms with Gasteiger partial charge in [-0.05, 0) is 19.3 Å². The molecule has 0 radical (unpaired) electrons. The molecule has 0 amide bonds. The highest BCUT2D eigenvalue weighted by Crippen LogP contribution is 2.59. The number of aliphatic carboxylic acids is 3. The van der Waals surface area contributed by atoms with Crippen LogP contribution in [0.4, 0.5) is 0 Å². The molecule has 10 heteroatoms. The summed E-state index contributed by atoms with van der Waals surface area (Å²) in [5.74, 6) is -8.41. The molecule has 9 nitrogen and oxygen atoms in total. The number of hydrogen-bond acceptors (Lipinski definition) is 4. The summed E-state index contributed by atoms with van der Waals surface area (Å²) in [6.07, 6.45) is -1.40. The van der Waals surface area contributed by atoms with Crippen LogP contribution in [0.3, 0.4) is 0 Å². The van der Waals surface area contributed by atoms with E-state index in [2.05, 4.69) is 0 Å². The van der Waals surface area contributed by atoms with E-state index in [4.69, 9.17) is 10.2 Å². The van der Waals surface area contributed by atoms with Gasteiger partial charge in [0, 0.05) is 0 Å². The molecule has 0 saturated heterocycles. The first-order valence-corrected chi connectivity index (χ1v) is 7.81.